The van der Waals surface area contributed by atoms with Gasteiger partial charge in [-0.2, -0.15) is 0 Å². The number of thiophene rings is 1. The number of hydrogen-bond donors (Lipinski definition) is 0. The van der Waals surface area contributed by atoms with Crippen molar-refractivity contribution in [2.45, 2.75) is 12.8 Å². The van der Waals surface area contributed by atoms with E-state index in [1.807, 2.05) is 10.8 Å². The van der Waals surface area contributed by atoms with Gasteiger partial charge < -0.3 is 0 Å². The van der Waals surface area contributed by atoms with E-state index in [0.29, 0.717) is 5.88 Å². The maximum absolute atomic E-state index is 5.52. The normalized spacial score (nSPS) is 9.17. The molecule has 3 heteroatoms. The Morgan fingerprint density at radius 2 is 2.33 bits per heavy atom. The molecule has 0 aromatic carbocycles. The third-order valence-electron chi connectivity index (χ3n) is 1.27. The molecule has 0 aliphatic heterocycles. The Morgan fingerprint density at radius 1 is 1.50 bits per heavy atom. The monoisotopic (exact) mass is 262 g/mol. The summed E-state index contributed by atoms with van der Waals surface area (Å²) in [4.78, 5) is 0. The highest BCUT2D eigenvalue weighted by Crippen LogP contribution is 2.19. The Balaban J connectivity index is 2.49. The molecule has 1 heterocycles. The Hall–Kier alpha value is 0.0300. The van der Waals surface area contributed by atoms with Gasteiger partial charge in [-0.3, -0.25) is 0 Å². The maximum Gasteiger partial charge on any atom is 0.0494 e. The number of unbranched alkanes of at least 4 members (excludes halogenated alkanes) is 1. The van der Waals surface area contributed by atoms with Gasteiger partial charge in [-0.1, -0.05) is 11.8 Å². The SMILES string of the molecule is ClCCCC#Cc1cscc1Br. The van der Waals surface area contributed by atoms with Crippen molar-refractivity contribution in [3.63, 3.8) is 0 Å². The highest BCUT2D eigenvalue weighted by atomic mass is 79.9. The molecule has 0 saturated carbocycles. The molecule has 0 saturated heterocycles. The van der Waals surface area contributed by atoms with E-state index in [2.05, 4.69) is 27.8 Å². The van der Waals surface area contributed by atoms with Gasteiger partial charge in [-0.05, 0) is 22.4 Å². The fourth-order valence-corrected chi connectivity index (χ4v) is 2.14. The van der Waals surface area contributed by atoms with E-state index in [9.17, 15) is 0 Å². The van der Waals surface area contributed by atoms with Crippen molar-refractivity contribution >= 4 is 38.9 Å². The Labute approximate surface area is 90.1 Å². The summed E-state index contributed by atoms with van der Waals surface area (Å²) in [5, 5.41) is 4.07. The summed E-state index contributed by atoms with van der Waals surface area (Å²) in [6.45, 7) is 0. The molecule has 1 rings (SSSR count). The molecule has 0 atom stereocenters. The van der Waals surface area contributed by atoms with Crippen LogP contribution in [0.3, 0.4) is 0 Å². The topological polar surface area (TPSA) is 0 Å². The molecule has 0 fully saturated rings. The van der Waals surface area contributed by atoms with Crippen LogP contribution in [0.1, 0.15) is 18.4 Å². The average molecular weight is 264 g/mol. The van der Waals surface area contributed by atoms with Gasteiger partial charge in [0.2, 0.25) is 0 Å². The smallest absolute Gasteiger partial charge is 0.0494 e. The van der Waals surface area contributed by atoms with Crippen LogP contribution in [0.4, 0.5) is 0 Å². The maximum atomic E-state index is 5.52. The van der Waals surface area contributed by atoms with Crippen molar-refractivity contribution < 1.29 is 0 Å². The fourth-order valence-electron chi connectivity index (χ4n) is 0.684. The summed E-state index contributed by atoms with van der Waals surface area (Å²) >= 11 is 10.6. The van der Waals surface area contributed by atoms with Crippen LogP contribution in [-0.4, -0.2) is 5.88 Å². The number of hydrogen-bond acceptors (Lipinski definition) is 1. The molecule has 0 aliphatic rings. The third-order valence-corrected chi connectivity index (χ3v) is 3.24. The molecule has 0 amide bonds. The molecule has 0 spiro atoms. The lowest BCUT2D eigenvalue weighted by atomic mass is 10.3. The molecule has 1 aromatic rings. The zero-order valence-electron chi connectivity index (χ0n) is 6.44. The van der Waals surface area contributed by atoms with Gasteiger partial charge in [0.15, 0.2) is 0 Å². The van der Waals surface area contributed by atoms with Crippen molar-refractivity contribution in [3.8, 4) is 11.8 Å². The molecular weight excluding hydrogens is 256 g/mol. The summed E-state index contributed by atoms with van der Waals surface area (Å²) in [7, 11) is 0. The largest absolute Gasteiger partial charge is 0.150 e. The summed E-state index contributed by atoms with van der Waals surface area (Å²) in [5.41, 5.74) is 1.08. The molecule has 1 aromatic heterocycles. The van der Waals surface area contributed by atoms with Gasteiger partial charge in [0.1, 0.15) is 0 Å². The molecule has 64 valence electrons. The predicted molar refractivity (Wildman–Crippen MR) is 58.9 cm³/mol. The summed E-state index contributed by atoms with van der Waals surface area (Å²) in [5.74, 6) is 6.85. The van der Waals surface area contributed by atoms with E-state index in [1.165, 1.54) is 0 Å². The number of halogens is 2. The lowest BCUT2D eigenvalue weighted by Crippen LogP contribution is -1.72. The van der Waals surface area contributed by atoms with E-state index in [0.717, 1.165) is 22.9 Å². The molecule has 0 aliphatic carbocycles. The van der Waals surface area contributed by atoms with Crippen molar-refractivity contribution in [3.05, 3.63) is 20.8 Å². The Bertz CT molecular complexity index is 295. The van der Waals surface area contributed by atoms with Crippen LogP contribution in [0.25, 0.3) is 0 Å². The van der Waals surface area contributed by atoms with Crippen LogP contribution in [0.15, 0.2) is 15.2 Å². The van der Waals surface area contributed by atoms with Crippen LogP contribution in [0, 0.1) is 11.8 Å². The Morgan fingerprint density at radius 3 is 2.92 bits per heavy atom. The minimum atomic E-state index is 0.694. The second-order valence-electron chi connectivity index (χ2n) is 2.23. The zero-order chi connectivity index (χ0) is 8.81. The van der Waals surface area contributed by atoms with Crippen LogP contribution in [0.2, 0.25) is 0 Å². The van der Waals surface area contributed by atoms with E-state index >= 15 is 0 Å². The van der Waals surface area contributed by atoms with E-state index in [4.69, 9.17) is 11.6 Å². The molecule has 0 bridgehead atoms. The Kier molecular flexibility index (Phi) is 4.75. The van der Waals surface area contributed by atoms with Gasteiger partial charge in [0.05, 0.1) is 0 Å². The zero-order valence-corrected chi connectivity index (χ0v) is 9.60. The fraction of sp³-hybridized carbons (Fsp3) is 0.333. The first-order valence-electron chi connectivity index (χ1n) is 3.61. The minimum absolute atomic E-state index is 0.694. The van der Waals surface area contributed by atoms with Gasteiger partial charge >= 0.3 is 0 Å². The van der Waals surface area contributed by atoms with Crippen LogP contribution in [-0.2, 0) is 0 Å². The quantitative estimate of drug-likeness (QED) is 0.431. The van der Waals surface area contributed by atoms with Crippen molar-refractivity contribution in [2.75, 3.05) is 5.88 Å². The van der Waals surface area contributed by atoms with Gasteiger partial charge in [0.25, 0.3) is 0 Å². The van der Waals surface area contributed by atoms with Crippen LogP contribution < -0.4 is 0 Å². The molecule has 0 radical (unpaired) electrons. The first kappa shape index (κ1) is 10.1. The molecule has 12 heavy (non-hydrogen) atoms. The molecule has 0 nitrogen and oxygen atoms in total. The van der Waals surface area contributed by atoms with Crippen LogP contribution in [0.5, 0.6) is 0 Å². The third kappa shape index (κ3) is 3.18. The summed E-state index contributed by atoms with van der Waals surface area (Å²) in [6, 6.07) is 0. The second kappa shape index (κ2) is 5.64. The van der Waals surface area contributed by atoms with Gasteiger partial charge in [-0.25, -0.2) is 0 Å². The van der Waals surface area contributed by atoms with Crippen molar-refractivity contribution in [1.82, 2.24) is 0 Å². The first-order chi connectivity index (χ1) is 5.84. The second-order valence-corrected chi connectivity index (χ2v) is 4.20. The lowest BCUT2D eigenvalue weighted by molar-refractivity contribution is 0.991. The van der Waals surface area contributed by atoms with E-state index in [-0.39, 0.29) is 0 Å². The van der Waals surface area contributed by atoms with Crippen molar-refractivity contribution in [2.24, 2.45) is 0 Å². The first-order valence-corrected chi connectivity index (χ1v) is 5.88. The number of rotatable bonds is 2. The van der Waals surface area contributed by atoms with Crippen LogP contribution >= 0.6 is 38.9 Å². The van der Waals surface area contributed by atoms with E-state index < -0.39 is 0 Å². The standard InChI is InChI=1S/C9H8BrClS/c10-9-7-12-6-8(9)4-2-1-3-5-11/h6-7H,1,3,5H2. The highest BCUT2D eigenvalue weighted by Gasteiger charge is 1.94. The number of alkyl halides is 1. The average Bonchev–Trinajstić information content (AvgIpc) is 2.46. The van der Waals surface area contributed by atoms with E-state index in [1.54, 1.807) is 11.3 Å². The lowest BCUT2D eigenvalue weighted by Gasteiger charge is -1.84. The van der Waals surface area contributed by atoms with Gasteiger partial charge in [-0.15, -0.1) is 22.9 Å². The highest BCUT2D eigenvalue weighted by molar-refractivity contribution is 9.10. The minimum Gasteiger partial charge on any atom is -0.150 e. The van der Waals surface area contributed by atoms with Crippen molar-refractivity contribution in [1.29, 1.82) is 0 Å². The summed E-state index contributed by atoms with van der Waals surface area (Å²) < 4.78 is 1.09. The predicted octanol–water partition coefficient (Wildman–Crippen LogP) is 3.88. The molecular formula is C9H8BrClS. The summed E-state index contributed by atoms with van der Waals surface area (Å²) in [6.07, 6.45) is 1.85. The molecule has 0 N–H and O–H groups in total. The molecule has 0 unspecified atom stereocenters. The van der Waals surface area contributed by atoms with Gasteiger partial charge in [0, 0.05) is 33.1 Å².